The van der Waals surface area contributed by atoms with Crippen LogP contribution in [-0.2, 0) is 17.8 Å². The summed E-state index contributed by atoms with van der Waals surface area (Å²) in [4.78, 5) is 20.8. The van der Waals surface area contributed by atoms with E-state index >= 15 is 0 Å². The molecule has 0 spiro atoms. The fourth-order valence-corrected chi connectivity index (χ4v) is 6.15. The predicted octanol–water partition coefficient (Wildman–Crippen LogP) is 6.36. The van der Waals surface area contributed by atoms with Crippen LogP contribution < -0.4 is 4.74 Å². The van der Waals surface area contributed by atoms with Gasteiger partial charge in [0.05, 0.1) is 35.6 Å². The van der Waals surface area contributed by atoms with Crippen molar-refractivity contribution < 1.29 is 14.3 Å². The molecule has 0 N–H and O–H groups in total. The Morgan fingerprint density at radius 2 is 2.00 bits per heavy atom. The Hall–Kier alpha value is -2.87. The molecule has 0 saturated carbocycles. The van der Waals surface area contributed by atoms with Gasteiger partial charge in [-0.05, 0) is 86.3 Å². The fourth-order valence-electron chi connectivity index (χ4n) is 5.07. The number of piperidine rings is 1. The number of hydrogen-bond acceptors (Lipinski definition) is 6. The van der Waals surface area contributed by atoms with E-state index < -0.39 is 0 Å². The van der Waals surface area contributed by atoms with Gasteiger partial charge in [0.1, 0.15) is 11.3 Å². The average molecular weight is 524 g/mol. The first-order chi connectivity index (χ1) is 17.6. The normalized spacial score (nSPS) is 14.9. The standard InChI is InChI=1S/C28H30ClN3O3S/c1-3-35-28(33)22-15-19(6-8-25(22)34-2)16-31-13-10-20(11-14-31)23-18-32(17-21-7-9-26(29)36-21)24-5-4-12-30-27(23)24/h4-9,12,15,18,20H,3,10-11,13-14,16-17H2,1-2H3. The molecular weight excluding hydrogens is 494 g/mol. The number of halogens is 1. The van der Waals surface area contributed by atoms with Crippen molar-refractivity contribution in [3.8, 4) is 5.75 Å². The fraction of sp³-hybridized carbons (Fsp3) is 0.357. The second kappa shape index (κ2) is 11.0. The summed E-state index contributed by atoms with van der Waals surface area (Å²) >= 11 is 7.79. The SMILES string of the molecule is CCOC(=O)c1cc(CN2CCC(c3cn(Cc4ccc(Cl)s4)c4cccnc34)CC2)ccc1OC. The van der Waals surface area contributed by atoms with E-state index in [1.807, 2.05) is 43.5 Å². The lowest BCUT2D eigenvalue weighted by atomic mass is 9.90. The molecular formula is C28H30ClN3O3S. The van der Waals surface area contributed by atoms with Gasteiger partial charge in [-0.2, -0.15) is 0 Å². The van der Waals surface area contributed by atoms with Crippen LogP contribution in [-0.4, -0.2) is 47.2 Å². The molecule has 6 nitrogen and oxygen atoms in total. The summed E-state index contributed by atoms with van der Waals surface area (Å²) in [5, 5.41) is 0. The molecule has 36 heavy (non-hydrogen) atoms. The molecule has 0 radical (unpaired) electrons. The van der Waals surface area contributed by atoms with E-state index in [2.05, 4.69) is 27.8 Å². The topological polar surface area (TPSA) is 56.6 Å². The summed E-state index contributed by atoms with van der Waals surface area (Å²) in [6.45, 7) is 5.73. The van der Waals surface area contributed by atoms with Crippen molar-refractivity contribution in [1.82, 2.24) is 14.5 Å². The smallest absolute Gasteiger partial charge is 0.341 e. The Morgan fingerprint density at radius 1 is 1.17 bits per heavy atom. The average Bonchev–Trinajstić information content (AvgIpc) is 3.48. The van der Waals surface area contributed by atoms with Gasteiger partial charge in [0.2, 0.25) is 0 Å². The van der Waals surface area contributed by atoms with Crippen molar-refractivity contribution in [2.24, 2.45) is 0 Å². The highest BCUT2D eigenvalue weighted by molar-refractivity contribution is 7.16. The van der Waals surface area contributed by atoms with Crippen LogP contribution in [0.4, 0.5) is 0 Å². The van der Waals surface area contributed by atoms with Gasteiger partial charge < -0.3 is 14.0 Å². The second-order valence-electron chi connectivity index (χ2n) is 9.09. The number of ether oxygens (including phenoxy) is 2. The Bertz CT molecular complexity index is 1360. The van der Waals surface area contributed by atoms with Crippen LogP contribution in [0.25, 0.3) is 11.0 Å². The zero-order chi connectivity index (χ0) is 25.1. The Kier molecular flexibility index (Phi) is 7.60. The van der Waals surface area contributed by atoms with Crippen molar-refractivity contribution in [2.75, 3.05) is 26.8 Å². The lowest BCUT2D eigenvalue weighted by molar-refractivity contribution is 0.0522. The number of aromatic nitrogens is 2. The molecule has 4 aromatic rings. The first kappa shape index (κ1) is 24.8. The molecule has 0 aliphatic carbocycles. The zero-order valence-corrected chi connectivity index (χ0v) is 22.1. The lowest BCUT2D eigenvalue weighted by Crippen LogP contribution is -2.32. The zero-order valence-electron chi connectivity index (χ0n) is 20.6. The molecule has 3 aromatic heterocycles. The van der Waals surface area contributed by atoms with Crippen molar-refractivity contribution in [1.29, 1.82) is 0 Å². The van der Waals surface area contributed by atoms with Gasteiger partial charge in [0, 0.05) is 23.8 Å². The van der Waals surface area contributed by atoms with Crippen LogP contribution in [0.5, 0.6) is 5.75 Å². The maximum Gasteiger partial charge on any atom is 0.341 e. The van der Waals surface area contributed by atoms with Gasteiger partial charge in [0.15, 0.2) is 0 Å². The van der Waals surface area contributed by atoms with Crippen LogP contribution in [0, 0.1) is 0 Å². The van der Waals surface area contributed by atoms with Crippen LogP contribution in [0.15, 0.2) is 54.9 Å². The van der Waals surface area contributed by atoms with Crippen molar-refractivity contribution in [3.05, 3.63) is 80.8 Å². The summed E-state index contributed by atoms with van der Waals surface area (Å²) < 4.78 is 13.7. The number of likely N-dealkylation sites (tertiary alicyclic amines) is 1. The third-order valence-electron chi connectivity index (χ3n) is 6.81. The minimum atomic E-state index is -0.344. The maximum absolute atomic E-state index is 12.4. The number of nitrogens with zero attached hydrogens (tertiary/aromatic N) is 3. The third-order valence-corrected chi connectivity index (χ3v) is 8.03. The number of benzene rings is 1. The van der Waals surface area contributed by atoms with Crippen molar-refractivity contribution >= 4 is 39.9 Å². The van der Waals surface area contributed by atoms with Gasteiger partial charge in [0.25, 0.3) is 0 Å². The van der Waals surface area contributed by atoms with E-state index in [4.69, 9.17) is 26.1 Å². The van der Waals surface area contributed by atoms with Gasteiger partial charge >= 0.3 is 5.97 Å². The van der Waals surface area contributed by atoms with Crippen LogP contribution >= 0.6 is 22.9 Å². The molecule has 0 atom stereocenters. The van der Waals surface area contributed by atoms with Gasteiger partial charge in [-0.3, -0.25) is 9.88 Å². The van der Waals surface area contributed by atoms with Crippen LogP contribution in [0.1, 0.15) is 52.0 Å². The molecule has 8 heteroatoms. The number of methoxy groups -OCH3 is 1. The molecule has 1 fully saturated rings. The summed E-state index contributed by atoms with van der Waals surface area (Å²) in [5.74, 6) is 0.672. The number of thiophene rings is 1. The molecule has 0 bridgehead atoms. The molecule has 1 aliphatic rings. The predicted molar refractivity (Wildman–Crippen MR) is 144 cm³/mol. The number of fused-ring (bicyclic) bond motifs is 1. The van der Waals surface area contributed by atoms with Crippen LogP contribution in [0.2, 0.25) is 4.34 Å². The first-order valence-electron chi connectivity index (χ1n) is 12.3. The number of carbonyl (C=O) groups is 1. The molecule has 188 valence electrons. The molecule has 0 amide bonds. The molecule has 0 unspecified atom stereocenters. The van der Waals surface area contributed by atoms with Gasteiger partial charge in [-0.25, -0.2) is 4.79 Å². The molecule has 5 rings (SSSR count). The Labute approximate surface area is 220 Å². The monoisotopic (exact) mass is 523 g/mol. The van der Waals surface area contributed by atoms with Gasteiger partial charge in [-0.15, -0.1) is 11.3 Å². The number of carbonyl (C=O) groups excluding carboxylic acids is 1. The highest BCUT2D eigenvalue weighted by Crippen LogP contribution is 2.35. The van der Waals surface area contributed by atoms with E-state index in [0.717, 1.165) is 54.4 Å². The van der Waals surface area contributed by atoms with E-state index in [1.165, 1.54) is 16.0 Å². The van der Waals surface area contributed by atoms with Crippen molar-refractivity contribution in [2.45, 2.75) is 38.8 Å². The van der Waals surface area contributed by atoms with Crippen LogP contribution in [0.3, 0.4) is 0 Å². The third kappa shape index (κ3) is 5.28. The number of hydrogen-bond donors (Lipinski definition) is 0. The number of rotatable bonds is 8. The second-order valence-corrected chi connectivity index (χ2v) is 10.9. The minimum Gasteiger partial charge on any atom is -0.496 e. The summed E-state index contributed by atoms with van der Waals surface area (Å²) in [6.07, 6.45) is 6.32. The Morgan fingerprint density at radius 3 is 2.72 bits per heavy atom. The molecule has 1 aliphatic heterocycles. The Balaban J connectivity index is 1.28. The summed E-state index contributed by atoms with van der Waals surface area (Å²) in [7, 11) is 1.57. The quantitative estimate of drug-likeness (QED) is 0.251. The highest BCUT2D eigenvalue weighted by Gasteiger charge is 2.25. The number of pyridine rings is 1. The van der Waals surface area contributed by atoms with E-state index in [1.54, 1.807) is 18.4 Å². The molecule has 1 saturated heterocycles. The molecule has 1 aromatic carbocycles. The summed E-state index contributed by atoms with van der Waals surface area (Å²) in [6, 6.07) is 14.0. The maximum atomic E-state index is 12.4. The highest BCUT2D eigenvalue weighted by atomic mass is 35.5. The van der Waals surface area contributed by atoms with Gasteiger partial charge in [-0.1, -0.05) is 17.7 Å². The van der Waals surface area contributed by atoms with E-state index in [0.29, 0.717) is 23.8 Å². The van der Waals surface area contributed by atoms with E-state index in [-0.39, 0.29) is 5.97 Å². The lowest BCUT2D eigenvalue weighted by Gasteiger charge is -2.32. The van der Waals surface area contributed by atoms with E-state index in [9.17, 15) is 4.79 Å². The summed E-state index contributed by atoms with van der Waals surface area (Å²) in [5.41, 5.74) is 5.18. The number of esters is 1. The molecule has 4 heterocycles. The van der Waals surface area contributed by atoms with Crippen molar-refractivity contribution in [3.63, 3.8) is 0 Å². The minimum absolute atomic E-state index is 0.339. The largest absolute Gasteiger partial charge is 0.496 e. The first-order valence-corrected chi connectivity index (χ1v) is 13.5.